The van der Waals surface area contributed by atoms with Crippen molar-refractivity contribution in [1.29, 1.82) is 0 Å². The van der Waals surface area contributed by atoms with Crippen molar-refractivity contribution in [2.45, 2.75) is 38.3 Å². The standard InChI is InChI=1S/C25H26N6O/c32-24(28-17-20-8-5-7-19-6-1-2-10-22(19)20)16-21-9-3-4-14-31(21)23-11-12-27-25(29-23)30-15-13-26-18-30/h1-2,5-8,10-13,15,18,21H,3-4,9,14,16-17H2,(H,28,32). The van der Waals surface area contributed by atoms with Crippen molar-refractivity contribution in [3.63, 3.8) is 0 Å². The van der Waals surface area contributed by atoms with Crippen LogP contribution in [0.15, 0.2) is 73.4 Å². The summed E-state index contributed by atoms with van der Waals surface area (Å²) in [6.45, 7) is 1.42. The fourth-order valence-electron chi connectivity index (χ4n) is 4.44. The summed E-state index contributed by atoms with van der Waals surface area (Å²) in [5, 5.41) is 5.51. The smallest absolute Gasteiger partial charge is 0.236 e. The van der Waals surface area contributed by atoms with Crippen molar-refractivity contribution in [1.82, 2.24) is 24.8 Å². The lowest BCUT2D eigenvalue weighted by Crippen LogP contribution is -2.43. The van der Waals surface area contributed by atoms with Crippen LogP contribution < -0.4 is 10.2 Å². The molecule has 0 aliphatic carbocycles. The number of hydrogen-bond acceptors (Lipinski definition) is 5. The summed E-state index contributed by atoms with van der Waals surface area (Å²) in [5.41, 5.74) is 1.14. The molecule has 1 unspecified atom stereocenters. The van der Waals surface area contributed by atoms with Crippen molar-refractivity contribution in [3.8, 4) is 5.95 Å². The molecule has 1 amide bonds. The second-order valence-corrected chi connectivity index (χ2v) is 8.15. The van der Waals surface area contributed by atoms with Crippen LogP contribution >= 0.6 is 0 Å². The second kappa shape index (κ2) is 9.18. The van der Waals surface area contributed by atoms with Crippen LogP contribution in [-0.2, 0) is 11.3 Å². The molecule has 0 radical (unpaired) electrons. The summed E-state index contributed by atoms with van der Waals surface area (Å²) >= 11 is 0. The fourth-order valence-corrected chi connectivity index (χ4v) is 4.44. The van der Waals surface area contributed by atoms with Gasteiger partial charge in [-0.2, -0.15) is 4.98 Å². The van der Waals surface area contributed by atoms with E-state index in [4.69, 9.17) is 4.98 Å². The zero-order valence-corrected chi connectivity index (χ0v) is 17.9. The number of anilines is 1. The average Bonchev–Trinajstić information content (AvgIpc) is 3.38. The minimum atomic E-state index is 0.0683. The molecule has 2 aromatic carbocycles. The van der Waals surface area contributed by atoms with E-state index >= 15 is 0 Å². The molecule has 7 heteroatoms. The molecule has 1 atom stereocenters. The molecule has 1 saturated heterocycles. The molecule has 3 heterocycles. The van der Waals surface area contributed by atoms with Gasteiger partial charge in [-0.05, 0) is 41.7 Å². The summed E-state index contributed by atoms with van der Waals surface area (Å²) in [6.07, 6.45) is 10.6. The molecule has 0 spiro atoms. The van der Waals surface area contributed by atoms with Gasteiger partial charge in [-0.1, -0.05) is 42.5 Å². The first-order valence-electron chi connectivity index (χ1n) is 11.1. The molecule has 32 heavy (non-hydrogen) atoms. The van der Waals surface area contributed by atoms with Gasteiger partial charge < -0.3 is 10.2 Å². The van der Waals surface area contributed by atoms with Crippen molar-refractivity contribution in [2.24, 2.45) is 0 Å². The third-order valence-electron chi connectivity index (χ3n) is 6.06. The first-order chi connectivity index (χ1) is 15.8. The van der Waals surface area contributed by atoms with E-state index in [1.807, 2.05) is 30.5 Å². The zero-order valence-electron chi connectivity index (χ0n) is 17.9. The molecule has 1 aliphatic heterocycles. The molecule has 5 rings (SSSR count). The van der Waals surface area contributed by atoms with Crippen molar-refractivity contribution < 1.29 is 4.79 Å². The first-order valence-corrected chi connectivity index (χ1v) is 11.1. The Morgan fingerprint density at radius 2 is 1.97 bits per heavy atom. The Bertz CT molecular complexity index is 1200. The third-order valence-corrected chi connectivity index (χ3v) is 6.06. The van der Waals surface area contributed by atoms with Gasteiger partial charge in [0, 0.05) is 44.1 Å². The van der Waals surface area contributed by atoms with Gasteiger partial charge in [0.2, 0.25) is 11.9 Å². The predicted molar refractivity (Wildman–Crippen MR) is 125 cm³/mol. The normalized spacial score (nSPS) is 16.2. The highest BCUT2D eigenvalue weighted by Gasteiger charge is 2.26. The maximum atomic E-state index is 12.9. The molecular weight excluding hydrogens is 400 g/mol. The molecular formula is C25H26N6O. The molecule has 1 fully saturated rings. The molecule has 0 saturated carbocycles. The molecule has 2 aromatic heterocycles. The van der Waals surface area contributed by atoms with Crippen LogP contribution in [0.3, 0.4) is 0 Å². The van der Waals surface area contributed by atoms with E-state index < -0.39 is 0 Å². The van der Waals surface area contributed by atoms with E-state index in [1.54, 1.807) is 23.3 Å². The maximum absolute atomic E-state index is 12.9. The monoisotopic (exact) mass is 426 g/mol. The van der Waals surface area contributed by atoms with E-state index in [2.05, 4.69) is 44.5 Å². The van der Waals surface area contributed by atoms with Gasteiger partial charge in [-0.15, -0.1) is 0 Å². The highest BCUT2D eigenvalue weighted by Crippen LogP contribution is 2.25. The third kappa shape index (κ3) is 4.32. The fraction of sp³-hybridized carbons (Fsp3) is 0.280. The number of nitrogens with one attached hydrogen (secondary N) is 1. The van der Waals surface area contributed by atoms with Crippen LogP contribution in [0.4, 0.5) is 5.82 Å². The molecule has 7 nitrogen and oxygen atoms in total. The lowest BCUT2D eigenvalue weighted by Gasteiger charge is -2.36. The Hall–Kier alpha value is -3.74. The van der Waals surface area contributed by atoms with Gasteiger partial charge in [0.1, 0.15) is 12.1 Å². The largest absolute Gasteiger partial charge is 0.353 e. The van der Waals surface area contributed by atoms with Gasteiger partial charge in [-0.25, -0.2) is 9.97 Å². The highest BCUT2D eigenvalue weighted by molar-refractivity contribution is 5.86. The summed E-state index contributed by atoms with van der Waals surface area (Å²) in [5.74, 6) is 1.51. The van der Waals surface area contributed by atoms with E-state index in [0.717, 1.165) is 37.2 Å². The maximum Gasteiger partial charge on any atom is 0.236 e. The average molecular weight is 427 g/mol. The molecule has 4 aromatic rings. The lowest BCUT2D eigenvalue weighted by molar-refractivity contribution is -0.121. The number of hydrogen-bond donors (Lipinski definition) is 1. The zero-order chi connectivity index (χ0) is 21.8. The van der Waals surface area contributed by atoms with Gasteiger partial charge in [0.15, 0.2) is 0 Å². The second-order valence-electron chi connectivity index (χ2n) is 8.15. The Morgan fingerprint density at radius 3 is 2.88 bits per heavy atom. The van der Waals surface area contributed by atoms with Gasteiger partial charge in [-0.3, -0.25) is 9.36 Å². The Morgan fingerprint density at radius 1 is 1.06 bits per heavy atom. The summed E-state index contributed by atoms with van der Waals surface area (Å²) in [7, 11) is 0. The number of carbonyl (C=O) groups is 1. The van der Waals surface area contributed by atoms with E-state index in [9.17, 15) is 4.79 Å². The van der Waals surface area contributed by atoms with Crippen LogP contribution in [0.2, 0.25) is 0 Å². The van der Waals surface area contributed by atoms with Gasteiger partial charge in [0.05, 0.1) is 0 Å². The SMILES string of the molecule is O=C(CC1CCCCN1c1ccnc(-n2ccnc2)n1)NCc1cccc2ccccc12. The number of aromatic nitrogens is 4. The summed E-state index contributed by atoms with van der Waals surface area (Å²) in [4.78, 5) is 28.3. The number of fused-ring (bicyclic) bond motifs is 1. The van der Waals surface area contributed by atoms with E-state index in [-0.39, 0.29) is 11.9 Å². The number of benzene rings is 2. The summed E-state index contributed by atoms with van der Waals surface area (Å²) in [6, 6.07) is 16.5. The van der Waals surface area contributed by atoms with E-state index in [0.29, 0.717) is 18.9 Å². The Balaban J connectivity index is 1.27. The molecule has 1 N–H and O–H groups in total. The Kier molecular flexibility index (Phi) is 5.79. The van der Waals surface area contributed by atoms with Crippen molar-refractivity contribution in [2.75, 3.05) is 11.4 Å². The number of amides is 1. The highest BCUT2D eigenvalue weighted by atomic mass is 16.1. The lowest BCUT2D eigenvalue weighted by atomic mass is 9.98. The first kappa shape index (κ1) is 20.2. The number of imidazole rings is 1. The topological polar surface area (TPSA) is 75.9 Å². The van der Waals surface area contributed by atoms with Crippen LogP contribution in [0.5, 0.6) is 0 Å². The van der Waals surface area contributed by atoms with Crippen LogP contribution in [0, 0.1) is 0 Å². The number of carbonyl (C=O) groups excluding carboxylic acids is 1. The van der Waals surface area contributed by atoms with Gasteiger partial charge in [0.25, 0.3) is 0 Å². The molecule has 0 bridgehead atoms. The van der Waals surface area contributed by atoms with E-state index in [1.165, 1.54) is 10.8 Å². The molecule has 162 valence electrons. The van der Waals surface area contributed by atoms with Crippen LogP contribution in [-0.4, -0.2) is 38.0 Å². The number of nitrogens with zero attached hydrogens (tertiary/aromatic N) is 5. The number of rotatable bonds is 6. The Labute approximate surface area is 187 Å². The minimum absolute atomic E-state index is 0.0683. The quantitative estimate of drug-likeness (QED) is 0.506. The van der Waals surface area contributed by atoms with Crippen LogP contribution in [0.25, 0.3) is 16.7 Å². The summed E-state index contributed by atoms with van der Waals surface area (Å²) < 4.78 is 1.79. The van der Waals surface area contributed by atoms with Crippen molar-refractivity contribution in [3.05, 3.63) is 79.0 Å². The van der Waals surface area contributed by atoms with Gasteiger partial charge >= 0.3 is 0 Å². The number of piperidine rings is 1. The predicted octanol–water partition coefficient (Wildman–Crippen LogP) is 3.88. The van der Waals surface area contributed by atoms with Crippen LogP contribution in [0.1, 0.15) is 31.2 Å². The minimum Gasteiger partial charge on any atom is -0.353 e. The van der Waals surface area contributed by atoms with Crippen molar-refractivity contribution >= 4 is 22.5 Å². The molecule has 1 aliphatic rings.